The number of hydrogen-bond donors (Lipinski definition) is 1. The van der Waals surface area contributed by atoms with Gasteiger partial charge >= 0.3 is 0 Å². The van der Waals surface area contributed by atoms with E-state index < -0.39 is 0 Å². The van der Waals surface area contributed by atoms with Crippen molar-refractivity contribution in [2.75, 3.05) is 11.9 Å². The van der Waals surface area contributed by atoms with Gasteiger partial charge in [-0.25, -0.2) is 4.98 Å². The van der Waals surface area contributed by atoms with Gasteiger partial charge in [0, 0.05) is 15.8 Å². The van der Waals surface area contributed by atoms with Crippen molar-refractivity contribution in [1.82, 2.24) is 4.98 Å². The molecule has 0 fully saturated rings. The number of rotatable bonds is 6. The van der Waals surface area contributed by atoms with Crippen molar-refractivity contribution < 1.29 is 9.53 Å². The molecule has 3 aromatic rings. The van der Waals surface area contributed by atoms with Gasteiger partial charge in [-0.15, -0.1) is 11.3 Å². The van der Waals surface area contributed by atoms with E-state index in [2.05, 4.69) is 16.4 Å². The molecule has 0 spiro atoms. The third kappa shape index (κ3) is 4.61. The second-order valence-corrected chi connectivity index (χ2v) is 8.32. The average Bonchev–Trinajstić information content (AvgIpc) is 3.11. The molecule has 1 unspecified atom stereocenters. The molecule has 1 aromatic heterocycles. The first-order valence-electron chi connectivity index (χ1n) is 9.35. The van der Waals surface area contributed by atoms with Crippen molar-refractivity contribution in [3.05, 3.63) is 81.3 Å². The fourth-order valence-electron chi connectivity index (χ4n) is 3.51. The molecule has 1 amide bonds. The summed E-state index contributed by atoms with van der Waals surface area (Å²) in [4.78, 5) is 18.1. The maximum atomic E-state index is 12.2. The summed E-state index contributed by atoms with van der Waals surface area (Å²) < 4.78 is 5.51. The van der Waals surface area contributed by atoms with Crippen molar-refractivity contribution in [1.29, 1.82) is 0 Å². The highest BCUT2D eigenvalue weighted by atomic mass is 35.5. The van der Waals surface area contributed by atoms with E-state index in [0.29, 0.717) is 17.7 Å². The van der Waals surface area contributed by atoms with Crippen molar-refractivity contribution >= 4 is 34.0 Å². The predicted molar refractivity (Wildman–Crippen MR) is 113 cm³/mol. The summed E-state index contributed by atoms with van der Waals surface area (Å²) in [5.74, 6) is 0.112. The van der Waals surface area contributed by atoms with E-state index in [1.807, 2.05) is 48.5 Å². The molecule has 0 radical (unpaired) electrons. The Kier molecular flexibility index (Phi) is 6.05. The van der Waals surface area contributed by atoms with Crippen LogP contribution < -0.4 is 5.32 Å². The zero-order valence-electron chi connectivity index (χ0n) is 15.4. The number of carbonyl (C=O) groups excluding carboxylic acids is 1. The first kappa shape index (κ1) is 19.1. The van der Waals surface area contributed by atoms with Crippen LogP contribution in [0.5, 0.6) is 0 Å². The Morgan fingerprint density at radius 1 is 1.21 bits per heavy atom. The second kappa shape index (κ2) is 8.86. The molecule has 1 aliphatic rings. The minimum Gasteiger partial charge on any atom is -0.367 e. The van der Waals surface area contributed by atoms with Gasteiger partial charge in [0.25, 0.3) is 5.91 Å². The quantitative estimate of drug-likeness (QED) is 0.588. The number of nitrogens with one attached hydrogen (secondary N) is 1. The number of ether oxygens (including phenoxy) is 1. The number of aromatic nitrogens is 1. The van der Waals surface area contributed by atoms with Crippen LogP contribution in [-0.4, -0.2) is 17.5 Å². The molecule has 28 heavy (non-hydrogen) atoms. The number of hydrogen-bond acceptors (Lipinski definition) is 4. The van der Waals surface area contributed by atoms with Crippen molar-refractivity contribution in [2.24, 2.45) is 0 Å². The van der Waals surface area contributed by atoms with Crippen LogP contribution in [0.25, 0.3) is 0 Å². The molecular formula is C22H21ClN2O2S. The van der Waals surface area contributed by atoms with Gasteiger partial charge in [0.15, 0.2) is 5.13 Å². The predicted octanol–water partition coefficient (Wildman–Crippen LogP) is 5.42. The molecule has 0 aliphatic heterocycles. The number of carbonyl (C=O) groups is 1. The lowest BCUT2D eigenvalue weighted by molar-refractivity contribution is -0.121. The zero-order valence-corrected chi connectivity index (χ0v) is 16.9. The molecule has 144 valence electrons. The zero-order chi connectivity index (χ0) is 19.3. The number of benzene rings is 2. The highest BCUT2D eigenvalue weighted by Crippen LogP contribution is 2.41. The monoisotopic (exact) mass is 412 g/mol. The molecule has 1 aliphatic carbocycles. The van der Waals surface area contributed by atoms with E-state index in [-0.39, 0.29) is 12.5 Å². The molecule has 0 saturated heterocycles. The van der Waals surface area contributed by atoms with E-state index >= 15 is 0 Å². The van der Waals surface area contributed by atoms with E-state index in [1.165, 1.54) is 10.4 Å². The normalized spacial score (nSPS) is 15.8. The number of fused-ring (bicyclic) bond motifs is 1. The lowest BCUT2D eigenvalue weighted by Gasteiger charge is -2.21. The first-order valence-corrected chi connectivity index (χ1v) is 10.5. The molecule has 4 rings (SSSR count). The molecule has 0 saturated carbocycles. The molecular weight excluding hydrogens is 392 g/mol. The van der Waals surface area contributed by atoms with Crippen LogP contribution >= 0.6 is 22.9 Å². The standard InChI is InChI=1S/C22H21ClN2O2S/c23-17-9-4-8-16(12-17)18-10-5-11-19-21(18)28-22(24-19)25-20(26)14-27-13-15-6-2-1-3-7-15/h1-4,6-9,12,18H,5,10-11,13-14H2,(H,24,25,26). The Balaban J connectivity index is 1.39. The van der Waals surface area contributed by atoms with Crippen LogP contribution in [0, 0.1) is 0 Å². The summed E-state index contributed by atoms with van der Waals surface area (Å²) in [6.07, 6.45) is 3.11. The van der Waals surface area contributed by atoms with Crippen LogP contribution in [0.2, 0.25) is 5.02 Å². The lowest BCUT2D eigenvalue weighted by atomic mass is 9.86. The molecule has 0 bridgehead atoms. The fraction of sp³-hybridized carbons (Fsp3) is 0.273. The average molecular weight is 413 g/mol. The summed E-state index contributed by atoms with van der Waals surface area (Å²) >= 11 is 7.74. The van der Waals surface area contributed by atoms with Crippen LogP contribution in [0.3, 0.4) is 0 Å². The first-order chi connectivity index (χ1) is 13.7. The van der Waals surface area contributed by atoms with Crippen LogP contribution in [0.1, 0.15) is 40.5 Å². The van der Waals surface area contributed by atoms with Gasteiger partial charge in [-0.05, 0) is 42.5 Å². The molecule has 1 N–H and O–H groups in total. The summed E-state index contributed by atoms with van der Waals surface area (Å²) in [6, 6.07) is 17.8. The summed E-state index contributed by atoms with van der Waals surface area (Å²) in [6.45, 7) is 0.427. The molecule has 4 nitrogen and oxygen atoms in total. The SMILES string of the molecule is O=C(COCc1ccccc1)Nc1nc2c(s1)C(c1cccc(Cl)c1)CCC2. The maximum absolute atomic E-state index is 12.2. The van der Waals surface area contributed by atoms with Gasteiger partial charge in [0.05, 0.1) is 12.3 Å². The molecule has 6 heteroatoms. The van der Waals surface area contributed by atoms with Crippen molar-refractivity contribution in [2.45, 2.75) is 31.8 Å². The number of nitrogens with zero attached hydrogens (tertiary/aromatic N) is 1. The topological polar surface area (TPSA) is 51.2 Å². The van der Waals surface area contributed by atoms with Gasteiger partial charge < -0.3 is 4.74 Å². The Labute approximate surface area is 173 Å². The van der Waals surface area contributed by atoms with Crippen LogP contribution in [0.15, 0.2) is 54.6 Å². The van der Waals surface area contributed by atoms with Gasteiger partial charge in [-0.3, -0.25) is 10.1 Å². The Bertz CT molecular complexity index is 958. The minimum absolute atomic E-state index is 0.0108. The summed E-state index contributed by atoms with van der Waals surface area (Å²) in [5, 5.41) is 4.28. The number of aryl methyl sites for hydroxylation is 1. The second-order valence-electron chi connectivity index (χ2n) is 6.86. The molecule has 1 atom stereocenters. The third-order valence-electron chi connectivity index (χ3n) is 4.79. The molecule has 1 heterocycles. The lowest BCUT2D eigenvalue weighted by Crippen LogP contribution is -2.18. The number of anilines is 1. The summed E-state index contributed by atoms with van der Waals surface area (Å²) in [5.41, 5.74) is 3.34. The van der Waals surface area contributed by atoms with Crippen molar-refractivity contribution in [3.8, 4) is 0 Å². The number of halogens is 1. The third-order valence-corrected chi connectivity index (χ3v) is 6.15. The largest absolute Gasteiger partial charge is 0.367 e. The van der Waals surface area contributed by atoms with Gasteiger partial charge in [-0.2, -0.15) is 0 Å². The van der Waals surface area contributed by atoms with Gasteiger partial charge in [0.1, 0.15) is 6.61 Å². The maximum Gasteiger partial charge on any atom is 0.252 e. The van der Waals surface area contributed by atoms with E-state index in [0.717, 1.165) is 35.5 Å². The Hall–Kier alpha value is -2.21. The fourth-order valence-corrected chi connectivity index (χ4v) is 4.90. The van der Waals surface area contributed by atoms with Gasteiger partial charge in [0.2, 0.25) is 0 Å². The Morgan fingerprint density at radius 3 is 2.89 bits per heavy atom. The van der Waals surface area contributed by atoms with Gasteiger partial charge in [-0.1, -0.05) is 54.1 Å². The van der Waals surface area contributed by atoms with E-state index in [1.54, 1.807) is 11.3 Å². The highest BCUT2D eigenvalue weighted by Gasteiger charge is 2.26. The van der Waals surface area contributed by atoms with Crippen LogP contribution in [0.4, 0.5) is 5.13 Å². The van der Waals surface area contributed by atoms with E-state index in [9.17, 15) is 4.79 Å². The number of amides is 1. The smallest absolute Gasteiger partial charge is 0.252 e. The Morgan fingerprint density at radius 2 is 2.07 bits per heavy atom. The minimum atomic E-state index is -0.179. The van der Waals surface area contributed by atoms with Crippen molar-refractivity contribution in [3.63, 3.8) is 0 Å². The van der Waals surface area contributed by atoms with E-state index in [4.69, 9.17) is 16.3 Å². The van der Waals surface area contributed by atoms with Crippen LogP contribution in [-0.2, 0) is 22.6 Å². The highest BCUT2D eigenvalue weighted by molar-refractivity contribution is 7.16. The molecule has 2 aromatic carbocycles. The summed E-state index contributed by atoms with van der Waals surface area (Å²) in [7, 11) is 0. The number of thiazole rings is 1.